The van der Waals surface area contributed by atoms with Crippen LogP contribution in [-0.2, 0) is 32.5 Å². The van der Waals surface area contributed by atoms with Gasteiger partial charge in [0.15, 0.2) is 0 Å². The number of fused-ring (bicyclic) bond motifs is 1. The molecule has 2 aliphatic rings. The second-order valence-corrected chi connectivity index (χ2v) is 8.68. The first-order chi connectivity index (χ1) is 13.0. The Balaban J connectivity index is 1.52. The van der Waals surface area contributed by atoms with Gasteiger partial charge in [-0.25, -0.2) is 8.42 Å². The van der Waals surface area contributed by atoms with E-state index in [1.54, 1.807) is 35.3 Å². The molecule has 1 amide bonds. The molecule has 27 heavy (non-hydrogen) atoms. The minimum Gasteiger partial charge on any atom is -0.379 e. The number of carbonyl (C=O) groups is 1. The molecule has 4 rings (SSSR count). The predicted octanol–water partition coefficient (Wildman–Crippen LogP) is 0.708. The lowest BCUT2D eigenvalue weighted by molar-refractivity contribution is -0.122. The van der Waals surface area contributed by atoms with E-state index in [1.807, 2.05) is 6.07 Å². The molecule has 1 aliphatic carbocycles. The molecule has 1 aromatic heterocycles. The Labute approximate surface area is 158 Å². The van der Waals surface area contributed by atoms with Crippen LogP contribution in [0, 0.1) is 0 Å². The van der Waals surface area contributed by atoms with Gasteiger partial charge in [0, 0.05) is 25.5 Å². The summed E-state index contributed by atoms with van der Waals surface area (Å²) in [6, 6.07) is 6.83. The Morgan fingerprint density at radius 1 is 1.30 bits per heavy atom. The van der Waals surface area contributed by atoms with Crippen LogP contribution in [0.4, 0.5) is 0 Å². The molecule has 144 valence electrons. The van der Waals surface area contributed by atoms with Crippen molar-refractivity contribution in [2.24, 2.45) is 0 Å². The largest absolute Gasteiger partial charge is 0.379 e. The van der Waals surface area contributed by atoms with Gasteiger partial charge in [-0.3, -0.25) is 9.48 Å². The van der Waals surface area contributed by atoms with Crippen LogP contribution in [0.25, 0.3) is 0 Å². The minimum absolute atomic E-state index is 0.141. The maximum Gasteiger partial charge on any atom is 0.243 e. The van der Waals surface area contributed by atoms with E-state index < -0.39 is 10.0 Å². The maximum absolute atomic E-state index is 12.9. The third-order valence-corrected chi connectivity index (χ3v) is 6.90. The molecule has 2 heterocycles. The van der Waals surface area contributed by atoms with E-state index in [1.165, 1.54) is 4.31 Å². The monoisotopic (exact) mass is 390 g/mol. The second-order valence-electron chi connectivity index (χ2n) is 6.74. The molecule has 9 heteroatoms. The lowest BCUT2D eigenvalue weighted by atomic mass is 10.1. The van der Waals surface area contributed by atoms with Crippen LogP contribution in [0.1, 0.15) is 23.6 Å². The van der Waals surface area contributed by atoms with Crippen LogP contribution in [0.5, 0.6) is 0 Å². The fourth-order valence-corrected chi connectivity index (χ4v) is 5.05. The highest BCUT2D eigenvalue weighted by atomic mass is 32.2. The number of sulfonamides is 1. The van der Waals surface area contributed by atoms with Crippen molar-refractivity contribution < 1.29 is 17.9 Å². The molecule has 1 aliphatic heterocycles. The number of carbonyl (C=O) groups excluding carboxylic acids is 1. The normalized spacial score (nSPS) is 20.4. The van der Waals surface area contributed by atoms with Gasteiger partial charge in [-0.2, -0.15) is 9.40 Å². The van der Waals surface area contributed by atoms with Crippen LogP contribution in [0.2, 0.25) is 0 Å². The zero-order valence-corrected chi connectivity index (χ0v) is 15.7. The van der Waals surface area contributed by atoms with Gasteiger partial charge in [-0.1, -0.05) is 6.07 Å². The number of morpholine rings is 1. The van der Waals surface area contributed by atoms with Crippen molar-refractivity contribution in [3.63, 3.8) is 0 Å². The van der Waals surface area contributed by atoms with Gasteiger partial charge in [0.25, 0.3) is 0 Å². The van der Waals surface area contributed by atoms with E-state index in [-0.39, 0.29) is 23.4 Å². The van der Waals surface area contributed by atoms with E-state index in [0.717, 1.165) is 24.0 Å². The molecule has 1 atom stereocenters. The van der Waals surface area contributed by atoms with Gasteiger partial charge >= 0.3 is 0 Å². The van der Waals surface area contributed by atoms with Crippen molar-refractivity contribution in [1.29, 1.82) is 0 Å². The summed E-state index contributed by atoms with van der Waals surface area (Å²) >= 11 is 0. The van der Waals surface area contributed by atoms with Gasteiger partial charge in [-0.05, 0) is 42.2 Å². The number of nitrogens with zero attached hydrogens (tertiary/aromatic N) is 3. The number of aromatic nitrogens is 2. The van der Waals surface area contributed by atoms with Gasteiger partial charge in [0.2, 0.25) is 15.9 Å². The van der Waals surface area contributed by atoms with Gasteiger partial charge in [0.1, 0.15) is 6.54 Å². The van der Waals surface area contributed by atoms with Crippen molar-refractivity contribution in [3.8, 4) is 0 Å². The first-order valence-electron chi connectivity index (χ1n) is 9.01. The number of nitrogens with one attached hydrogen (secondary N) is 1. The average molecular weight is 390 g/mol. The number of benzene rings is 1. The average Bonchev–Trinajstić information content (AvgIpc) is 3.32. The molecule has 1 fully saturated rings. The summed E-state index contributed by atoms with van der Waals surface area (Å²) in [6.45, 7) is 1.70. The Bertz CT molecular complexity index is 921. The molecule has 0 unspecified atom stereocenters. The number of amides is 1. The van der Waals surface area contributed by atoms with E-state index in [9.17, 15) is 13.2 Å². The highest BCUT2D eigenvalue weighted by Crippen LogP contribution is 2.33. The van der Waals surface area contributed by atoms with Gasteiger partial charge in [-0.15, -0.1) is 0 Å². The van der Waals surface area contributed by atoms with Crippen LogP contribution in [-0.4, -0.2) is 54.7 Å². The molecule has 1 N–H and O–H groups in total. The van der Waals surface area contributed by atoms with E-state index >= 15 is 0 Å². The third-order valence-electron chi connectivity index (χ3n) is 5.00. The molecule has 1 saturated heterocycles. The zero-order chi connectivity index (χ0) is 18.9. The molecular formula is C18H22N4O4S. The smallest absolute Gasteiger partial charge is 0.243 e. The van der Waals surface area contributed by atoms with Crippen LogP contribution in [0.3, 0.4) is 0 Å². The van der Waals surface area contributed by atoms with E-state index in [2.05, 4.69) is 10.4 Å². The van der Waals surface area contributed by atoms with Crippen molar-refractivity contribution in [3.05, 3.63) is 47.8 Å². The molecule has 0 saturated carbocycles. The number of rotatable bonds is 5. The summed E-state index contributed by atoms with van der Waals surface area (Å²) < 4.78 is 34.1. The number of hydrogen-bond donors (Lipinski definition) is 1. The third kappa shape index (κ3) is 3.76. The highest BCUT2D eigenvalue weighted by Gasteiger charge is 2.30. The Morgan fingerprint density at radius 3 is 2.85 bits per heavy atom. The molecule has 2 aromatic rings. The molecule has 0 spiro atoms. The van der Waals surface area contributed by atoms with Gasteiger partial charge < -0.3 is 10.1 Å². The Morgan fingerprint density at radius 2 is 2.11 bits per heavy atom. The van der Waals surface area contributed by atoms with E-state index in [4.69, 9.17) is 4.74 Å². The standard InChI is InChI=1S/C18H22N4O4S/c23-18(13-21-7-1-6-19-21)20-17-5-3-14-2-4-15(12-16(14)17)27(24,25)22-8-10-26-11-9-22/h1-2,4,6-7,12,17H,3,5,8-11,13H2,(H,20,23)/t17-/m1/s1. The molecular weight excluding hydrogens is 368 g/mol. The number of aryl methyl sites for hydroxylation is 1. The summed E-state index contributed by atoms with van der Waals surface area (Å²) in [4.78, 5) is 12.6. The number of ether oxygens (including phenoxy) is 1. The fourth-order valence-electron chi connectivity index (χ4n) is 3.61. The van der Waals surface area contributed by atoms with Crippen LogP contribution < -0.4 is 5.32 Å². The summed E-state index contributed by atoms with van der Waals surface area (Å²) in [7, 11) is -3.55. The highest BCUT2D eigenvalue weighted by molar-refractivity contribution is 7.89. The Hall–Kier alpha value is -2.23. The number of hydrogen-bond acceptors (Lipinski definition) is 5. The van der Waals surface area contributed by atoms with Gasteiger partial charge in [0.05, 0.1) is 24.2 Å². The second kappa shape index (κ2) is 7.41. The lowest BCUT2D eigenvalue weighted by Crippen LogP contribution is -2.40. The topological polar surface area (TPSA) is 93.5 Å². The van der Waals surface area contributed by atoms with Crippen molar-refractivity contribution in [1.82, 2.24) is 19.4 Å². The molecule has 0 bridgehead atoms. The Kier molecular flexibility index (Phi) is 4.98. The van der Waals surface area contributed by atoms with Crippen molar-refractivity contribution in [2.45, 2.75) is 30.3 Å². The predicted molar refractivity (Wildman–Crippen MR) is 97.5 cm³/mol. The quantitative estimate of drug-likeness (QED) is 0.812. The zero-order valence-electron chi connectivity index (χ0n) is 14.9. The molecule has 0 radical (unpaired) electrons. The van der Waals surface area contributed by atoms with Crippen LogP contribution >= 0.6 is 0 Å². The first-order valence-corrected chi connectivity index (χ1v) is 10.5. The summed E-state index contributed by atoms with van der Waals surface area (Å²) in [5.41, 5.74) is 1.97. The lowest BCUT2D eigenvalue weighted by Gasteiger charge is -2.26. The van der Waals surface area contributed by atoms with Crippen molar-refractivity contribution >= 4 is 15.9 Å². The fraction of sp³-hybridized carbons (Fsp3) is 0.444. The van der Waals surface area contributed by atoms with E-state index in [0.29, 0.717) is 26.3 Å². The SMILES string of the molecule is O=C(Cn1cccn1)N[C@@H]1CCc2ccc(S(=O)(=O)N3CCOCC3)cc21. The maximum atomic E-state index is 12.9. The summed E-state index contributed by atoms with van der Waals surface area (Å²) in [5, 5.41) is 7.04. The molecule has 1 aromatic carbocycles. The van der Waals surface area contributed by atoms with Crippen LogP contribution in [0.15, 0.2) is 41.6 Å². The summed E-state index contributed by atoms with van der Waals surface area (Å²) in [6.07, 6.45) is 4.94. The first kappa shape index (κ1) is 18.1. The minimum atomic E-state index is -3.55. The molecule has 8 nitrogen and oxygen atoms in total. The summed E-state index contributed by atoms with van der Waals surface area (Å²) in [5.74, 6) is -0.141. The van der Waals surface area contributed by atoms with Crippen molar-refractivity contribution in [2.75, 3.05) is 26.3 Å².